The van der Waals surface area contributed by atoms with Crippen molar-refractivity contribution in [1.29, 1.82) is 0 Å². The first kappa shape index (κ1) is 10.2. The Morgan fingerprint density at radius 3 is 2.82 bits per heavy atom. The normalized spacial score (nSPS) is 10.9. The van der Waals surface area contributed by atoms with Crippen molar-refractivity contribution in [2.75, 3.05) is 0 Å². The minimum Gasteiger partial charge on any atom is -0.265 e. The first-order chi connectivity index (χ1) is 8.25. The van der Waals surface area contributed by atoms with E-state index in [1.54, 1.807) is 12.4 Å². The van der Waals surface area contributed by atoms with Crippen molar-refractivity contribution in [3.63, 3.8) is 0 Å². The molecule has 0 spiro atoms. The molecule has 0 N–H and O–H groups in total. The van der Waals surface area contributed by atoms with Crippen LogP contribution in [0.5, 0.6) is 0 Å². The van der Waals surface area contributed by atoms with Crippen molar-refractivity contribution in [3.8, 4) is 11.4 Å². The van der Waals surface area contributed by atoms with Crippen LogP contribution in [0.2, 0.25) is 5.15 Å². The highest BCUT2D eigenvalue weighted by molar-refractivity contribution is 6.29. The fourth-order valence-corrected chi connectivity index (χ4v) is 1.92. The van der Waals surface area contributed by atoms with Gasteiger partial charge in [0.1, 0.15) is 11.5 Å². The Hall–Kier alpha value is -1.94. The number of aryl methyl sites for hydroxylation is 1. The third-order valence-corrected chi connectivity index (χ3v) is 2.86. The van der Waals surface area contributed by atoms with Crippen LogP contribution in [0.15, 0.2) is 36.7 Å². The summed E-state index contributed by atoms with van der Waals surface area (Å²) in [5, 5.41) is 8.69. The van der Waals surface area contributed by atoms with E-state index in [2.05, 4.69) is 15.2 Å². The van der Waals surface area contributed by atoms with Gasteiger partial charge in [-0.15, -0.1) is 10.2 Å². The van der Waals surface area contributed by atoms with Crippen LogP contribution >= 0.6 is 11.6 Å². The maximum absolute atomic E-state index is 5.81. The molecular weight excluding hydrogens is 236 g/mol. The molecule has 5 heteroatoms. The highest BCUT2D eigenvalue weighted by Gasteiger charge is 2.10. The molecule has 4 nitrogen and oxygen atoms in total. The van der Waals surface area contributed by atoms with E-state index >= 15 is 0 Å². The van der Waals surface area contributed by atoms with Crippen LogP contribution in [0.25, 0.3) is 17.0 Å². The zero-order valence-electron chi connectivity index (χ0n) is 9.13. The number of hydrogen-bond acceptors (Lipinski definition) is 3. The Bertz CT molecular complexity index is 690. The molecule has 3 rings (SSSR count). The van der Waals surface area contributed by atoms with Crippen molar-refractivity contribution in [2.45, 2.75) is 6.92 Å². The SMILES string of the molecule is Cc1ccccc1-c1nnc2cc(Cl)ncn12. The summed E-state index contributed by atoms with van der Waals surface area (Å²) in [6.45, 7) is 2.04. The monoisotopic (exact) mass is 244 g/mol. The third kappa shape index (κ3) is 1.66. The maximum Gasteiger partial charge on any atom is 0.169 e. The molecule has 0 aliphatic rings. The summed E-state index contributed by atoms with van der Waals surface area (Å²) in [4.78, 5) is 4.04. The molecule has 0 saturated heterocycles. The minimum absolute atomic E-state index is 0.418. The van der Waals surface area contributed by atoms with Crippen LogP contribution in [0, 0.1) is 6.92 Å². The van der Waals surface area contributed by atoms with Gasteiger partial charge in [0.25, 0.3) is 0 Å². The van der Waals surface area contributed by atoms with Gasteiger partial charge in [0.15, 0.2) is 11.5 Å². The summed E-state index contributed by atoms with van der Waals surface area (Å²) in [7, 11) is 0. The van der Waals surface area contributed by atoms with E-state index in [4.69, 9.17) is 11.6 Å². The van der Waals surface area contributed by atoms with Crippen molar-refractivity contribution in [1.82, 2.24) is 19.6 Å². The molecule has 0 fully saturated rings. The molecule has 0 aliphatic carbocycles. The third-order valence-electron chi connectivity index (χ3n) is 2.65. The maximum atomic E-state index is 5.81. The molecule has 0 aliphatic heterocycles. The van der Waals surface area contributed by atoms with Gasteiger partial charge in [-0.1, -0.05) is 35.9 Å². The van der Waals surface area contributed by atoms with Gasteiger partial charge < -0.3 is 0 Å². The van der Waals surface area contributed by atoms with Gasteiger partial charge in [0.05, 0.1) is 0 Å². The molecule has 0 atom stereocenters. The van der Waals surface area contributed by atoms with E-state index in [0.717, 1.165) is 17.0 Å². The summed E-state index contributed by atoms with van der Waals surface area (Å²) in [6, 6.07) is 9.72. The van der Waals surface area contributed by atoms with Gasteiger partial charge >= 0.3 is 0 Å². The highest BCUT2D eigenvalue weighted by Crippen LogP contribution is 2.22. The first-order valence-electron chi connectivity index (χ1n) is 5.18. The fourth-order valence-electron chi connectivity index (χ4n) is 1.78. The van der Waals surface area contributed by atoms with Crippen molar-refractivity contribution in [2.24, 2.45) is 0 Å². The van der Waals surface area contributed by atoms with Crippen LogP contribution in [0.1, 0.15) is 5.56 Å². The molecule has 0 saturated carbocycles. The van der Waals surface area contributed by atoms with Crippen molar-refractivity contribution in [3.05, 3.63) is 47.4 Å². The minimum atomic E-state index is 0.418. The van der Waals surface area contributed by atoms with E-state index < -0.39 is 0 Å². The molecule has 84 valence electrons. The second-order valence-corrected chi connectivity index (χ2v) is 4.17. The Balaban J connectivity index is 2.29. The number of aromatic nitrogens is 4. The van der Waals surface area contributed by atoms with Crippen LogP contribution in [-0.2, 0) is 0 Å². The summed E-state index contributed by atoms with van der Waals surface area (Å²) >= 11 is 5.81. The fraction of sp³-hybridized carbons (Fsp3) is 0.0833. The number of rotatable bonds is 1. The standard InChI is InChI=1S/C12H9ClN4/c1-8-4-2-3-5-9(8)12-16-15-11-6-10(13)14-7-17(11)12/h2-7H,1H3. The molecule has 17 heavy (non-hydrogen) atoms. The Morgan fingerprint density at radius 1 is 1.18 bits per heavy atom. The number of fused-ring (bicyclic) bond motifs is 1. The lowest BCUT2D eigenvalue weighted by molar-refractivity contribution is 1.08. The zero-order valence-corrected chi connectivity index (χ0v) is 9.89. The molecule has 2 aromatic heterocycles. The second-order valence-electron chi connectivity index (χ2n) is 3.78. The number of benzene rings is 1. The number of hydrogen-bond donors (Lipinski definition) is 0. The van der Waals surface area contributed by atoms with Crippen LogP contribution < -0.4 is 0 Å². The van der Waals surface area contributed by atoms with E-state index in [1.165, 1.54) is 0 Å². The average Bonchev–Trinajstić information content (AvgIpc) is 2.72. The van der Waals surface area contributed by atoms with Gasteiger partial charge in [-0.3, -0.25) is 4.40 Å². The molecule has 0 bridgehead atoms. The van der Waals surface area contributed by atoms with Crippen molar-refractivity contribution >= 4 is 17.2 Å². The van der Waals surface area contributed by atoms with Gasteiger partial charge in [0.2, 0.25) is 0 Å². The van der Waals surface area contributed by atoms with E-state index in [0.29, 0.717) is 10.8 Å². The van der Waals surface area contributed by atoms with E-state index in [1.807, 2.05) is 35.6 Å². The summed E-state index contributed by atoms with van der Waals surface area (Å²) in [6.07, 6.45) is 1.64. The average molecular weight is 245 g/mol. The lowest BCUT2D eigenvalue weighted by Crippen LogP contribution is -1.92. The molecule has 0 radical (unpaired) electrons. The second kappa shape index (κ2) is 3.82. The largest absolute Gasteiger partial charge is 0.265 e. The Morgan fingerprint density at radius 2 is 2.00 bits per heavy atom. The number of halogens is 1. The molecule has 2 heterocycles. The van der Waals surface area contributed by atoms with Crippen LogP contribution in [-0.4, -0.2) is 19.6 Å². The summed E-state index contributed by atoms with van der Waals surface area (Å²) in [5.74, 6) is 0.780. The van der Waals surface area contributed by atoms with Crippen LogP contribution in [0.4, 0.5) is 0 Å². The predicted molar refractivity (Wildman–Crippen MR) is 66.0 cm³/mol. The lowest BCUT2D eigenvalue weighted by atomic mass is 10.1. The van der Waals surface area contributed by atoms with E-state index in [-0.39, 0.29) is 0 Å². The van der Waals surface area contributed by atoms with Gasteiger partial charge in [-0.25, -0.2) is 4.98 Å². The summed E-state index contributed by atoms with van der Waals surface area (Å²) in [5.41, 5.74) is 2.89. The van der Waals surface area contributed by atoms with Gasteiger partial charge in [0, 0.05) is 11.6 Å². The topological polar surface area (TPSA) is 43.1 Å². The van der Waals surface area contributed by atoms with Gasteiger partial charge in [-0.05, 0) is 12.5 Å². The molecule has 3 aromatic rings. The van der Waals surface area contributed by atoms with E-state index in [9.17, 15) is 0 Å². The summed E-state index contributed by atoms with van der Waals surface area (Å²) < 4.78 is 1.83. The Labute approximate surface area is 103 Å². The zero-order chi connectivity index (χ0) is 11.8. The van der Waals surface area contributed by atoms with Crippen molar-refractivity contribution < 1.29 is 0 Å². The highest BCUT2D eigenvalue weighted by atomic mass is 35.5. The molecular formula is C12H9ClN4. The first-order valence-corrected chi connectivity index (χ1v) is 5.56. The predicted octanol–water partition coefficient (Wildman–Crippen LogP) is 2.75. The quantitative estimate of drug-likeness (QED) is 0.618. The lowest BCUT2D eigenvalue weighted by Gasteiger charge is -2.02. The molecule has 0 amide bonds. The van der Waals surface area contributed by atoms with Crippen LogP contribution in [0.3, 0.4) is 0 Å². The van der Waals surface area contributed by atoms with Gasteiger partial charge in [-0.2, -0.15) is 0 Å². The Kier molecular flexibility index (Phi) is 2.30. The molecule has 1 aromatic carbocycles. The molecule has 0 unspecified atom stereocenters. The number of nitrogens with zero attached hydrogens (tertiary/aromatic N) is 4. The smallest absolute Gasteiger partial charge is 0.169 e.